The van der Waals surface area contributed by atoms with Crippen molar-refractivity contribution in [1.82, 2.24) is 20.2 Å². The van der Waals surface area contributed by atoms with E-state index in [0.717, 1.165) is 16.5 Å². The van der Waals surface area contributed by atoms with Gasteiger partial charge in [0.05, 0.1) is 24.6 Å². The lowest BCUT2D eigenvalue weighted by atomic mass is 9.88. The van der Waals surface area contributed by atoms with Crippen molar-refractivity contribution in [3.05, 3.63) is 36.2 Å². The van der Waals surface area contributed by atoms with Crippen LogP contribution in [0.25, 0.3) is 10.8 Å². The third-order valence-corrected chi connectivity index (χ3v) is 8.95. The minimum atomic E-state index is -3.03. The predicted octanol–water partition coefficient (Wildman–Crippen LogP) is 3.46. The molecule has 210 valence electrons. The normalized spacial score (nSPS) is 25.7. The summed E-state index contributed by atoms with van der Waals surface area (Å²) < 4.78 is 38.3. The molecule has 1 aromatic carbocycles. The fourth-order valence-corrected chi connectivity index (χ4v) is 6.74. The summed E-state index contributed by atoms with van der Waals surface area (Å²) in [6.07, 6.45) is 3.89. The Hall–Kier alpha value is -3.12. The molecule has 3 aromatic rings. The van der Waals surface area contributed by atoms with E-state index in [1.54, 1.807) is 4.90 Å². The lowest BCUT2D eigenvalue weighted by Crippen LogP contribution is -2.57. The van der Waals surface area contributed by atoms with Crippen LogP contribution in [0, 0.1) is 5.92 Å². The third kappa shape index (κ3) is 5.62. The van der Waals surface area contributed by atoms with E-state index in [9.17, 15) is 17.9 Å². The second-order valence-corrected chi connectivity index (χ2v) is 13.6. The molecule has 2 fully saturated rings. The van der Waals surface area contributed by atoms with Crippen molar-refractivity contribution in [1.29, 1.82) is 0 Å². The number of rotatable bonds is 7. The number of aromatic nitrogens is 4. The topological polar surface area (TPSA) is 124 Å². The van der Waals surface area contributed by atoms with Gasteiger partial charge < -0.3 is 20.2 Å². The number of hydrogen-bond acceptors (Lipinski definition) is 10. The average molecular weight is 558 g/mol. The molecule has 0 aliphatic carbocycles. The lowest BCUT2D eigenvalue weighted by Gasteiger charge is -2.48. The second-order valence-electron chi connectivity index (χ2n) is 11.5. The van der Waals surface area contributed by atoms with E-state index in [2.05, 4.69) is 63.3 Å². The monoisotopic (exact) mass is 557 g/mol. The summed E-state index contributed by atoms with van der Waals surface area (Å²) in [5, 5.41) is 23.3. The molecule has 0 amide bonds. The number of fused-ring (bicyclic) bond motifs is 1. The number of hydrogen-bond donors (Lipinski definition) is 2. The van der Waals surface area contributed by atoms with Gasteiger partial charge in [-0.2, -0.15) is 10.1 Å². The first-order valence-corrected chi connectivity index (χ1v) is 15.3. The molecule has 2 aliphatic rings. The van der Waals surface area contributed by atoms with Crippen LogP contribution in [0.4, 0.5) is 27.7 Å². The predicted molar refractivity (Wildman–Crippen MR) is 151 cm³/mol. The standard InChI is InChI=1S/C27H36FN7O3S/c1-16(2)19-6-7-22(35-13-18(17(35)3)14-39(5,37)38)21-11-29-24(10-20(19)21)31-25-12-30-33-26(32-25)34-9-8-23(36)27(4,28)15-34/h6-7,10-12,16-18,23,36H,8-9,13-15H2,1-5H3,(H,29,31,32,33)/t17-,18-,23-,27+/m1/s1. The van der Waals surface area contributed by atoms with Gasteiger partial charge in [-0.3, -0.25) is 0 Å². The van der Waals surface area contributed by atoms with E-state index in [1.807, 2.05) is 12.3 Å². The molecule has 2 aliphatic heterocycles. The highest BCUT2D eigenvalue weighted by molar-refractivity contribution is 7.90. The molecular formula is C27H36FN7O3S. The smallest absolute Gasteiger partial charge is 0.247 e. The van der Waals surface area contributed by atoms with Gasteiger partial charge in [-0.15, -0.1) is 5.10 Å². The van der Waals surface area contributed by atoms with Gasteiger partial charge in [-0.25, -0.2) is 17.8 Å². The zero-order chi connectivity index (χ0) is 28.1. The number of alkyl halides is 1. The molecule has 0 saturated carbocycles. The number of aliphatic hydroxyl groups is 1. The summed E-state index contributed by atoms with van der Waals surface area (Å²) in [5.41, 5.74) is 0.461. The molecule has 39 heavy (non-hydrogen) atoms. The van der Waals surface area contributed by atoms with Gasteiger partial charge in [0.15, 0.2) is 11.5 Å². The Morgan fingerprint density at radius 2 is 2.00 bits per heavy atom. The first-order valence-electron chi connectivity index (χ1n) is 13.3. The van der Waals surface area contributed by atoms with Gasteiger partial charge in [0.2, 0.25) is 5.95 Å². The van der Waals surface area contributed by atoms with E-state index in [0.29, 0.717) is 24.7 Å². The summed E-state index contributed by atoms with van der Waals surface area (Å²) >= 11 is 0. The van der Waals surface area contributed by atoms with Gasteiger partial charge in [0, 0.05) is 48.6 Å². The molecule has 0 spiro atoms. The molecule has 0 unspecified atom stereocenters. The Morgan fingerprint density at radius 3 is 2.67 bits per heavy atom. The quantitative estimate of drug-likeness (QED) is 0.446. The Bertz CT molecular complexity index is 1480. The number of halogens is 1. The number of sulfone groups is 1. The molecule has 2 aromatic heterocycles. The van der Waals surface area contributed by atoms with Crippen molar-refractivity contribution >= 4 is 43.9 Å². The summed E-state index contributed by atoms with van der Waals surface area (Å²) in [4.78, 5) is 13.1. The van der Waals surface area contributed by atoms with Crippen molar-refractivity contribution < 1.29 is 17.9 Å². The first kappa shape index (κ1) is 27.4. The number of anilines is 4. The van der Waals surface area contributed by atoms with Crippen LogP contribution in [-0.4, -0.2) is 83.1 Å². The van der Waals surface area contributed by atoms with Crippen LogP contribution in [0.2, 0.25) is 0 Å². The van der Waals surface area contributed by atoms with Crippen LogP contribution in [0.3, 0.4) is 0 Å². The largest absolute Gasteiger partial charge is 0.390 e. The number of benzene rings is 1. The number of aliphatic hydroxyl groups excluding tert-OH is 1. The van der Waals surface area contributed by atoms with E-state index >= 15 is 0 Å². The third-order valence-electron chi connectivity index (χ3n) is 7.92. The van der Waals surface area contributed by atoms with Gasteiger partial charge in [0.25, 0.3) is 0 Å². The highest BCUT2D eigenvalue weighted by Gasteiger charge is 2.40. The number of nitrogens with one attached hydrogen (secondary N) is 1. The zero-order valence-electron chi connectivity index (χ0n) is 23.0. The van der Waals surface area contributed by atoms with Crippen LogP contribution in [0.5, 0.6) is 0 Å². The highest BCUT2D eigenvalue weighted by atomic mass is 32.2. The van der Waals surface area contributed by atoms with E-state index in [4.69, 9.17) is 0 Å². The summed E-state index contributed by atoms with van der Waals surface area (Å²) in [7, 11) is -3.03. The Kier molecular flexibility index (Phi) is 7.13. The maximum absolute atomic E-state index is 14.7. The molecule has 2 N–H and O–H groups in total. The van der Waals surface area contributed by atoms with Crippen molar-refractivity contribution in [3.63, 3.8) is 0 Å². The fourth-order valence-electron chi connectivity index (χ4n) is 5.58. The Morgan fingerprint density at radius 1 is 1.23 bits per heavy atom. The highest BCUT2D eigenvalue weighted by Crippen LogP contribution is 2.39. The lowest BCUT2D eigenvalue weighted by molar-refractivity contribution is -0.00863. The van der Waals surface area contributed by atoms with Crippen LogP contribution < -0.4 is 15.1 Å². The maximum atomic E-state index is 14.7. The molecule has 4 atom stereocenters. The van der Waals surface area contributed by atoms with Gasteiger partial charge >= 0.3 is 0 Å². The van der Waals surface area contributed by atoms with Gasteiger partial charge in [-0.1, -0.05) is 19.9 Å². The molecule has 5 rings (SSSR count). The van der Waals surface area contributed by atoms with Crippen LogP contribution in [0.15, 0.2) is 30.6 Å². The van der Waals surface area contributed by atoms with Crippen LogP contribution in [0.1, 0.15) is 45.6 Å². The van der Waals surface area contributed by atoms with Crippen molar-refractivity contribution in [2.24, 2.45) is 5.92 Å². The van der Waals surface area contributed by atoms with Crippen LogP contribution >= 0.6 is 0 Å². The molecule has 12 heteroatoms. The Balaban J connectivity index is 1.41. The van der Waals surface area contributed by atoms with Gasteiger partial charge in [-0.05, 0) is 49.3 Å². The number of pyridine rings is 1. The number of nitrogens with zero attached hydrogens (tertiary/aromatic N) is 6. The number of piperidine rings is 1. The van der Waals surface area contributed by atoms with E-state index in [1.165, 1.54) is 24.9 Å². The average Bonchev–Trinajstić information content (AvgIpc) is 2.86. The molecule has 0 bridgehead atoms. The minimum Gasteiger partial charge on any atom is -0.390 e. The molecule has 0 radical (unpaired) electrons. The fraction of sp³-hybridized carbons (Fsp3) is 0.556. The molecule has 2 saturated heterocycles. The molecule has 4 heterocycles. The van der Waals surface area contributed by atoms with E-state index < -0.39 is 21.6 Å². The maximum Gasteiger partial charge on any atom is 0.247 e. The SMILES string of the molecule is CC(C)c1ccc(N2C[C@H](CS(C)(=O)=O)[C@H]2C)c2cnc(Nc3cnnc(N4CC[C@@H](O)[C@@](C)(F)C4)n3)cc12. The van der Waals surface area contributed by atoms with Gasteiger partial charge in [0.1, 0.15) is 15.7 Å². The van der Waals surface area contributed by atoms with Crippen molar-refractivity contribution in [2.75, 3.05) is 46.8 Å². The zero-order valence-corrected chi connectivity index (χ0v) is 23.8. The minimum absolute atomic E-state index is 0.0198. The van der Waals surface area contributed by atoms with Crippen molar-refractivity contribution in [3.8, 4) is 0 Å². The first-order chi connectivity index (χ1) is 18.3. The molecular weight excluding hydrogens is 521 g/mol. The van der Waals surface area contributed by atoms with Crippen molar-refractivity contribution in [2.45, 2.75) is 57.8 Å². The summed E-state index contributed by atoms with van der Waals surface area (Å²) in [5.74, 6) is 1.88. The Labute approximate surface area is 228 Å². The summed E-state index contributed by atoms with van der Waals surface area (Å²) in [6, 6.07) is 6.34. The van der Waals surface area contributed by atoms with E-state index in [-0.39, 0.29) is 42.5 Å². The second kappa shape index (κ2) is 10.1. The summed E-state index contributed by atoms with van der Waals surface area (Å²) in [6.45, 7) is 8.83. The molecule has 10 nitrogen and oxygen atoms in total. The van der Waals surface area contributed by atoms with Crippen LogP contribution in [-0.2, 0) is 9.84 Å².